The molecule has 0 saturated heterocycles. The van der Waals surface area contributed by atoms with E-state index in [9.17, 15) is 9.59 Å². The monoisotopic (exact) mass is 268 g/mol. The number of anilines is 1. The molecule has 2 amide bonds. The van der Waals surface area contributed by atoms with Crippen molar-refractivity contribution in [1.82, 2.24) is 5.32 Å². The summed E-state index contributed by atoms with van der Waals surface area (Å²) in [6.07, 6.45) is 0. The maximum Gasteiger partial charge on any atom is 0.328 e. The van der Waals surface area contributed by atoms with Crippen LogP contribution in [0.2, 0.25) is 0 Å². The van der Waals surface area contributed by atoms with Gasteiger partial charge in [-0.15, -0.1) is 0 Å². The van der Waals surface area contributed by atoms with Gasteiger partial charge in [-0.1, -0.05) is 6.07 Å². The Balaban J connectivity index is 2.61. The molecule has 19 heavy (non-hydrogen) atoms. The standard InChI is InChI=1S/C12H16N2O5/c1-2-19-9-5-3-4-8(6-9)13-12(18)14-10(7-15)11(16)17/h3-6,10,15H,2,7H2,1H3,(H,16,17)(H2,13,14,18). The van der Waals surface area contributed by atoms with Gasteiger partial charge in [0.25, 0.3) is 0 Å². The maximum absolute atomic E-state index is 11.5. The number of urea groups is 1. The fraction of sp³-hybridized carbons (Fsp3) is 0.333. The number of rotatable bonds is 6. The van der Waals surface area contributed by atoms with Gasteiger partial charge in [-0.2, -0.15) is 0 Å². The predicted molar refractivity (Wildman–Crippen MR) is 68.3 cm³/mol. The molecule has 4 N–H and O–H groups in total. The highest BCUT2D eigenvalue weighted by molar-refractivity contribution is 5.92. The molecule has 0 spiro atoms. The van der Waals surface area contributed by atoms with Crippen molar-refractivity contribution in [1.29, 1.82) is 0 Å². The van der Waals surface area contributed by atoms with E-state index < -0.39 is 24.6 Å². The van der Waals surface area contributed by atoms with Gasteiger partial charge in [0, 0.05) is 11.8 Å². The molecule has 0 aliphatic heterocycles. The van der Waals surface area contributed by atoms with Crippen molar-refractivity contribution < 1.29 is 24.5 Å². The molecule has 0 aliphatic rings. The minimum Gasteiger partial charge on any atom is -0.494 e. The Morgan fingerprint density at radius 3 is 2.74 bits per heavy atom. The predicted octanol–water partition coefficient (Wildman–Crippen LogP) is 0.652. The minimum absolute atomic E-state index is 0.463. The maximum atomic E-state index is 11.5. The molecule has 1 atom stereocenters. The van der Waals surface area contributed by atoms with Gasteiger partial charge in [0.2, 0.25) is 0 Å². The molecule has 0 heterocycles. The third-order valence-electron chi connectivity index (χ3n) is 2.19. The summed E-state index contributed by atoms with van der Waals surface area (Å²) in [6.45, 7) is 1.66. The second kappa shape index (κ2) is 7.22. The molecule has 0 aliphatic carbocycles. The quantitative estimate of drug-likeness (QED) is 0.606. The highest BCUT2D eigenvalue weighted by Gasteiger charge is 2.18. The highest BCUT2D eigenvalue weighted by atomic mass is 16.5. The normalized spacial score (nSPS) is 11.5. The van der Waals surface area contributed by atoms with Gasteiger partial charge in [0.15, 0.2) is 6.04 Å². The van der Waals surface area contributed by atoms with E-state index in [-0.39, 0.29) is 0 Å². The Kier molecular flexibility index (Phi) is 5.62. The number of ether oxygens (including phenoxy) is 1. The zero-order chi connectivity index (χ0) is 14.3. The van der Waals surface area contributed by atoms with Crippen LogP contribution in [0, 0.1) is 0 Å². The molecular weight excluding hydrogens is 252 g/mol. The summed E-state index contributed by atoms with van der Waals surface area (Å²) in [5, 5.41) is 22.0. The molecule has 0 aromatic heterocycles. The Hall–Kier alpha value is -2.28. The van der Waals surface area contributed by atoms with Crippen molar-refractivity contribution in [2.24, 2.45) is 0 Å². The van der Waals surface area contributed by atoms with Gasteiger partial charge in [-0.25, -0.2) is 9.59 Å². The molecule has 1 unspecified atom stereocenters. The van der Waals surface area contributed by atoms with Crippen molar-refractivity contribution in [2.75, 3.05) is 18.5 Å². The summed E-state index contributed by atoms with van der Waals surface area (Å²) in [5.74, 6) is -0.710. The van der Waals surface area contributed by atoms with E-state index in [4.69, 9.17) is 14.9 Å². The van der Waals surface area contributed by atoms with Crippen LogP contribution in [-0.2, 0) is 4.79 Å². The fourth-order valence-corrected chi connectivity index (χ4v) is 1.34. The molecule has 0 saturated carbocycles. The number of nitrogens with one attached hydrogen (secondary N) is 2. The minimum atomic E-state index is -1.34. The summed E-state index contributed by atoms with van der Waals surface area (Å²) in [6, 6.07) is 4.63. The van der Waals surface area contributed by atoms with Gasteiger partial charge in [-0.05, 0) is 19.1 Å². The van der Waals surface area contributed by atoms with Crippen LogP contribution in [0.1, 0.15) is 6.92 Å². The van der Waals surface area contributed by atoms with E-state index >= 15 is 0 Å². The summed E-state index contributed by atoms with van der Waals surface area (Å²) in [7, 11) is 0. The van der Waals surface area contributed by atoms with Crippen molar-refractivity contribution in [3.05, 3.63) is 24.3 Å². The third kappa shape index (κ3) is 4.84. The molecule has 104 valence electrons. The fourth-order valence-electron chi connectivity index (χ4n) is 1.34. The first kappa shape index (κ1) is 14.8. The molecule has 1 aromatic carbocycles. The lowest BCUT2D eigenvalue weighted by Gasteiger charge is -2.13. The summed E-state index contributed by atoms with van der Waals surface area (Å²) < 4.78 is 5.26. The molecule has 0 radical (unpaired) electrons. The smallest absolute Gasteiger partial charge is 0.328 e. The topological polar surface area (TPSA) is 108 Å². The summed E-state index contributed by atoms with van der Waals surface area (Å²) in [4.78, 5) is 22.2. The summed E-state index contributed by atoms with van der Waals surface area (Å²) in [5.41, 5.74) is 0.463. The van der Waals surface area contributed by atoms with Crippen LogP contribution >= 0.6 is 0 Å². The number of hydrogen-bond donors (Lipinski definition) is 4. The van der Waals surface area contributed by atoms with E-state index in [1.165, 1.54) is 0 Å². The Labute approximate surface area is 110 Å². The molecule has 7 nitrogen and oxygen atoms in total. The number of carboxylic acid groups (broad SMARTS) is 1. The van der Waals surface area contributed by atoms with E-state index in [0.717, 1.165) is 0 Å². The number of hydrogen-bond acceptors (Lipinski definition) is 4. The van der Waals surface area contributed by atoms with Crippen molar-refractivity contribution in [2.45, 2.75) is 13.0 Å². The van der Waals surface area contributed by atoms with Gasteiger partial charge < -0.3 is 25.6 Å². The Morgan fingerprint density at radius 1 is 1.42 bits per heavy atom. The number of benzene rings is 1. The van der Waals surface area contributed by atoms with Gasteiger partial charge in [0.1, 0.15) is 5.75 Å². The average molecular weight is 268 g/mol. The molecule has 0 bridgehead atoms. The highest BCUT2D eigenvalue weighted by Crippen LogP contribution is 2.17. The lowest BCUT2D eigenvalue weighted by atomic mass is 10.3. The largest absolute Gasteiger partial charge is 0.494 e. The summed E-state index contributed by atoms with van der Waals surface area (Å²) >= 11 is 0. The van der Waals surface area contributed by atoms with E-state index in [2.05, 4.69) is 10.6 Å². The average Bonchev–Trinajstić information content (AvgIpc) is 2.36. The molecule has 7 heteroatoms. The van der Waals surface area contributed by atoms with E-state index in [1.54, 1.807) is 24.3 Å². The lowest BCUT2D eigenvalue weighted by Crippen LogP contribution is -2.45. The zero-order valence-corrected chi connectivity index (χ0v) is 10.4. The second-order valence-corrected chi connectivity index (χ2v) is 3.63. The third-order valence-corrected chi connectivity index (χ3v) is 2.19. The van der Waals surface area contributed by atoms with Crippen LogP contribution in [-0.4, -0.2) is 41.5 Å². The molecule has 1 rings (SSSR count). The number of carbonyl (C=O) groups is 2. The first-order chi connectivity index (χ1) is 9.06. The number of aliphatic hydroxyl groups excluding tert-OH is 1. The van der Waals surface area contributed by atoms with Crippen LogP contribution in [0.25, 0.3) is 0 Å². The van der Waals surface area contributed by atoms with Crippen molar-refractivity contribution in [3.8, 4) is 5.75 Å². The first-order valence-electron chi connectivity index (χ1n) is 5.70. The van der Waals surface area contributed by atoms with Gasteiger partial charge in [-0.3, -0.25) is 0 Å². The number of amides is 2. The van der Waals surface area contributed by atoms with Crippen LogP contribution in [0.5, 0.6) is 5.75 Å². The lowest BCUT2D eigenvalue weighted by molar-refractivity contribution is -0.140. The molecule has 0 fully saturated rings. The van der Waals surface area contributed by atoms with Crippen molar-refractivity contribution >= 4 is 17.7 Å². The number of carboxylic acids is 1. The van der Waals surface area contributed by atoms with Crippen LogP contribution < -0.4 is 15.4 Å². The number of aliphatic hydroxyl groups is 1. The van der Waals surface area contributed by atoms with Gasteiger partial charge in [0.05, 0.1) is 13.2 Å². The first-order valence-corrected chi connectivity index (χ1v) is 5.70. The number of carbonyl (C=O) groups excluding carboxylic acids is 1. The second-order valence-electron chi connectivity index (χ2n) is 3.63. The van der Waals surface area contributed by atoms with Crippen LogP contribution in [0.15, 0.2) is 24.3 Å². The Bertz CT molecular complexity index is 450. The van der Waals surface area contributed by atoms with E-state index in [0.29, 0.717) is 18.0 Å². The number of aliphatic carboxylic acids is 1. The SMILES string of the molecule is CCOc1cccc(NC(=O)NC(CO)C(=O)O)c1. The molecular formula is C12H16N2O5. The van der Waals surface area contributed by atoms with Crippen molar-refractivity contribution in [3.63, 3.8) is 0 Å². The van der Waals surface area contributed by atoms with Gasteiger partial charge >= 0.3 is 12.0 Å². The van der Waals surface area contributed by atoms with E-state index in [1.807, 2.05) is 6.92 Å². The van der Waals surface area contributed by atoms with Crippen LogP contribution in [0.3, 0.4) is 0 Å². The zero-order valence-electron chi connectivity index (χ0n) is 10.4. The van der Waals surface area contributed by atoms with Crippen LogP contribution in [0.4, 0.5) is 10.5 Å². The Morgan fingerprint density at radius 2 is 2.16 bits per heavy atom. The molecule has 1 aromatic rings.